The van der Waals surface area contributed by atoms with Gasteiger partial charge in [-0.3, -0.25) is 4.98 Å². The fourth-order valence-corrected chi connectivity index (χ4v) is 3.12. The number of benzene rings is 2. The molecule has 1 saturated heterocycles. The molecule has 1 amide bonds. The molecule has 0 spiro atoms. The lowest BCUT2D eigenvalue weighted by molar-refractivity contribution is 0.130. The Labute approximate surface area is 170 Å². The summed E-state index contributed by atoms with van der Waals surface area (Å²) >= 11 is 0. The third-order valence-corrected chi connectivity index (χ3v) is 4.56. The number of halogens is 2. The van der Waals surface area contributed by atoms with Crippen LogP contribution in [0.2, 0.25) is 0 Å². The minimum Gasteiger partial charge on any atom is -0.439 e. The largest absolute Gasteiger partial charge is 0.439 e. The number of carbonyl (C=O) groups excluding carboxylic acids is 1. The van der Waals surface area contributed by atoms with Gasteiger partial charge in [0.1, 0.15) is 17.7 Å². The number of hydrogen-bond donors (Lipinski definition) is 1. The van der Waals surface area contributed by atoms with E-state index in [-0.39, 0.29) is 5.56 Å². The number of carbonyl (C=O) groups is 1. The van der Waals surface area contributed by atoms with Crippen LogP contribution in [0, 0.1) is 34.8 Å². The zero-order chi connectivity index (χ0) is 21.1. The second-order valence-electron chi connectivity index (χ2n) is 6.56. The molecule has 2 aromatic carbocycles. The summed E-state index contributed by atoms with van der Waals surface area (Å²) in [6, 6.07) is 12.8. The van der Waals surface area contributed by atoms with Crippen molar-refractivity contribution < 1.29 is 18.3 Å². The molecule has 1 aliphatic heterocycles. The van der Waals surface area contributed by atoms with Gasteiger partial charge in [-0.15, -0.1) is 0 Å². The summed E-state index contributed by atoms with van der Waals surface area (Å²) in [4.78, 5) is 16.0. The molecule has 0 bridgehead atoms. The van der Waals surface area contributed by atoms with Crippen LogP contribution in [0.25, 0.3) is 0 Å². The van der Waals surface area contributed by atoms with Crippen molar-refractivity contribution in [2.45, 2.75) is 12.1 Å². The van der Waals surface area contributed by atoms with Crippen LogP contribution in [-0.4, -0.2) is 11.1 Å². The second-order valence-corrected chi connectivity index (χ2v) is 6.56. The van der Waals surface area contributed by atoms with Crippen molar-refractivity contribution in [2.75, 3.05) is 0 Å². The van der Waals surface area contributed by atoms with Crippen LogP contribution in [0.5, 0.6) is 0 Å². The molecule has 2 heterocycles. The van der Waals surface area contributed by atoms with Crippen LogP contribution < -0.4 is 5.32 Å². The van der Waals surface area contributed by atoms with Crippen LogP contribution in [-0.2, 0) is 4.74 Å². The van der Waals surface area contributed by atoms with Gasteiger partial charge in [0.2, 0.25) is 0 Å². The first-order chi connectivity index (χ1) is 14.5. The normalized spacial score (nSPS) is 17.3. The third kappa shape index (κ3) is 3.96. The van der Waals surface area contributed by atoms with Crippen LogP contribution >= 0.6 is 0 Å². The summed E-state index contributed by atoms with van der Waals surface area (Å²) in [6.45, 7) is 0. The van der Waals surface area contributed by atoms with E-state index in [0.717, 1.165) is 23.8 Å². The van der Waals surface area contributed by atoms with Crippen molar-refractivity contribution in [3.8, 4) is 17.9 Å². The highest BCUT2D eigenvalue weighted by Gasteiger charge is 2.38. The number of alkyl carbamates (subject to hydrolysis) is 1. The summed E-state index contributed by atoms with van der Waals surface area (Å²) < 4.78 is 33.1. The summed E-state index contributed by atoms with van der Waals surface area (Å²) in [5, 5.41) is 11.5. The Balaban J connectivity index is 1.64. The average molecular weight is 401 g/mol. The predicted molar refractivity (Wildman–Crippen MR) is 103 cm³/mol. The highest BCUT2D eigenvalue weighted by Crippen LogP contribution is 2.37. The first-order valence-corrected chi connectivity index (χ1v) is 8.93. The van der Waals surface area contributed by atoms with Crippen molar-refractivity contribution >= 4 is 6.09 Å². The Kier molecular flexibility index (Phi) is 5.11. The topological polar surface area (TPSA) is 75.0 Å². The van der Waals surface area contributed by atoms with Gasteiger partial charge in [0.15, 0.2) is 6.10 Å². The molecule has 1 fully saturated rings. The Morgan fingerprint density at radius 2 is 1.70 bits per heavy atom. The van der Waals surface area contributed by atoms with Crippen molar-refractivity contribution in [1.82, 2.24) is 10.3 Å². The van der Waals surface area contributed by atoms with Crippen molar-refractivity contribution in [2.24, 2.45) is 0 Å². The summed E-state index contributed by atoms with van der Waals surface area (Å²) in [7, 11) is 0. The van der Waals surface area contributed by atoms with E-state index < -0.39 is 29.9 Å². The van der Waals surface area contributed by atoms with Crippen LogP contribution in [0.3, 0.4) is 0 Å². The Morgan fingerprint density at radius 1 is 0.967 bits per heavy atom. The predicted octanol–water partition coefficient (Wildman–Crippen LogP) is 4.15. The number of hydrogen-bond acceptors (Lipinski definition) is 4. The van der Waals surface area contributed by atoms with E-state index in [1.54, 1.807) is 36.5 Å². The maximum absolute atomic E-state index is 14.2. The molecule has 30 heavy (non-hydrogen) atoms. The number of cyclic esters (lactones) is 1. The van der Waals surface area contributed by atoms with E-state index in [1.807, 2.05) is 6.07 Å². The minimum atomic E-state index is -1.04. The first kappa shape index (κ1) is 19.1. The fraction of sp³-hybridized carbons (Fsp3) is 0.0870. The Bertz CT molecular complexity index is 1220. The zero-order valence-electron chi connectivity index (χ0n) is 15.4. The number of nitriles is 1. The molecule has 0 radical (unpaired) electrons. The van der Waals surface area contributed by atoms with Gasteiger partial charge < -0.3 is 10.1 Å². The fourth-order valence-electron chi connectivity index (χ4n) is 3.12. The molecule has 1 aromatic heterocycles. The lowest BCUT2D eigenvalue weighted by Gasteiger charge is -2.18. The molecule has 3 aromatic rings. The molecule has 1 aliphatic rings. The number of nitrogens with one attached hydrogen (secondary N) is 1. The average Bonchev–Trinajstić information content (AvgIpc) is 3.16. The van der Waals surface area contributed by atoms with Gasteiger partial charge >= 0.3 is 6.09 Å². The highest BCUT2D eigenvalue weighted by molar-refractivity contribution is 5.71. The SMILES string of the molecule is N#Cc1ccc(C#Cc2cncc(C3NC(=O)OC3c3cc(F)ccc3F)c2)cc1. The maximum atomic E-state index is 14.2. The Morgan fingerprint density at radius 3 is 2.47 bits per heavy atom. The van der Waals surface area contributed by atoms with Gasteiger partial charge in [-0.2, -0.15) is 5.26 Å². The number of amides is 1. The van der Waals surface area contributed by atoms with E-state index in [1.165, 1.54) is 6.20 Å². The highest BCUT2D eigenvalue weighted by atomic mass is 19.1. The van der Waals surface area contributed by atoms with Crippen molar-refractivity contribution in [3.63, 3.8) is 0 Å². The van der Waals surface area contributed by atoms with Crippen LogP contribution in [0.15, 0.2) is 60.9 Å². The lowest BCUT2D eigenvalue weighted by Crippen LogP contribution is -2.20. The smallest absolute Gasteiger partial charge is 0.408 e. The molecule has 0 aliphatic carbocycles. The molecule has 4 rings (SSSR count). The van der Waals surface area contributed by atoms with Crippen LogP contribution in [0.4, 0.5) is 13.6 Å². The van der Waals surface area contributed by atoms with E-state index in [4.69, 9.17) is 10.00 Å². The van der Waals surface area contributed by atoms with E-state index >= 15 is 0 Å². The van der Waals surface area contributed by atoms with Gasteiger partial charge in [0, 0.05) is 29.1 Å². The molecular formula is C23H13F2N3O2. The number of aromatic nitrogens is 1. The standard InChI is InChI=1S/C23H13F2N3O2/c24-18-7-8-20(25)19(10-18)22-21(28-23(29)30-22)17-9-16(12-27-13-17)6-3-14-1-4-15(11-26)5-2-14/h1-2,4-5,7-10,12-13,21-22H,(H,28,29). The van der Waals surface area contributed by atoms with Crippen molar-refractivity contribution in [1.29, 1.82) is 5.26 Å². The van der Waals surface area contributed by atoms with Crippen LogP contribution in [0.1, 0.15) is 40.0 Å². The molecule has 5 nitrogen and oxygen atoms in total. The monoisotopic (exact) mass is 401 g/mol. The summed E-state index contributed by atoms with van der Waals surface area (Å²) in [6.07, 6.45) is 1.28. The third-order valence-electron chi connectivity index (χ3n) is 4.56. The van der Waals surface area contributed by atoms with Gasteiger partial charge in [0.25, 0.3) is 0 Å². The second kappa shape index (κ2) is 8.02. The maximum Gasteiger partial charge on any atom is 0.408 e. The summed E-state index contributed by atoms with van der Waals surface area (Å²) in [5.74, 6) is 4.63. The molecule has 2 atom stereocenters. The quantitative estimate of drug-likeness (QED) is 0.655. The Hall–Kier alpha value is -4.23. The first-order valence-electron chi connectivity index (χ1n) is 8.93. The lowest BCUT2D eigenvalue weighted by atomic mass is 9.96. The minimum absolute atomic E-state index is 0.0626. The molecular weight excluding hydrogens is 388 g/mol. The van der Waals surface area contributed by atoms with Crippen molar-refractivity contribution in [3.05, 3.63) is 100 Å². The number of rotatable bonds is 2. The number of nitrogens with zero attached hydrogens (tertiary/aromatic N) is 2. The summed E-state index contributed by atoms with van der Waals surface area (Å²) in [5.41, 5.74) is 2.30. The molecule has 1 N–H and O–H groups in total. The molecule has 146 valence electrons. The molecule has 0 saturated carbocycles. The van der Waals surface area contributed by atoms with Gasteiger partial charge in [-0.25, -0.2) is 13.6 Å². The molecule has 7 heteroatoms. The van der Waals surface area contributed by atoms with E-state index in [9.17, 15) is 13.6 Å². The van der Waals surface area contributed by atoms with E-state index in [0.29, 0.717) is 16.7 Å². The van der Waals surface area contributed by atoms with E-state index in [2.05, 4.69) is 22.1 Å². The zero-order valence-corrected chi connectivity index (χ0v) is 15.4. The number of pyridine rings is 1. The van der Waals surface area contributed by atoms with Gasteiger partial charge in [0.05, 0.1) is 11.6 Å². The molecule has 2 unspecified atom stereocenters. The van der Waals surface area contributed by atoms with Gasteiger partial charge in [-0.1, -0.05) is 11.8 Å². The number of ether oxygens (including phenoxy) is 1. The van der Waals surface area contributed by atoms with Gasteiger partial charge in [-0.05, 0) is 54.1 Å².